The van der Waals surface area contributed by atoms with Gasteiger partial charge in [0.05, 0.1) is 0 Å². The molecular weight excluding hydrogens is 234 g/mol. The Bertz CT molecular complexity index is 363. The molecule has 0 saturated carbocycles. The van der Waals surface area contributed by atoms with Gasteiger partial charge < -0.3 is 15.1 Å². The van der Waals surface area contributed by atoms with E-state index in [-0.39, 0.29) is 0 Å². The van der Waals surface area contributed by atoms with Crippen molar-refractivity contribution in [3.63, 3.8) is 0 Å². The maximum atomic E-state index is 3.57. The Morgan fingerprint density at radius 3 is 2.32 bits per heavy atom. The summed E-state index contributed by atoms with van der Waals surface area (Å²) in [6.45, 7) is 7.54. The number of likely N-dealkylation sites (N-methyl/N-ethyl adjacent to an activating group) is 2. The third kappa shape index (κ3) is 4.84. The molecule has 0 aliphatic rings. The molecule has 1 N–H and O–H groups in total. The van der Waals surface area contributed by atoms with Gasteiger partial charge in [-0.25, -0.2) is 0 Å². The first-order valence-electron chi connectivity index (χ1n) is 7.28. The van der Waals surface area contributed by atoms with Crippen LogP contribution in [0.15, 0.2) is 24.3 Å². The Balaban J connectivity index is 2.87. The zero-order valence-corrected chi connectivity index (χ0v) is 13.1. The van der Waals surface area contributed by atoms with Crippen molar-refractivity contribution >= 4 is 5.69 Å². The summed E-state index contributed by atoms with van der Waals surface area (Å²) in [4.78, 5) is 4.58. The van der Waals surface area contributed by atoms with Gasteiger partial charge in [0.15, 0.2) is 0 Å². The van der Waals surface area contributed by atoms with Gasteiger partial charge in [-0.1, -0.05) is 32.0 Å². The van der Waals surface area contributed by atoms with Crippen LogP contribution in [0.3, 0.4) is 0 Å². The third-order valence-electron chi connectivity index (χ3n) is 3.46. The number of hydrogen-bond donors (Lipinski definition) is 1. The molecular formula is C16H29N3. The van der Waals surface area contributed by atoms with E-state index in [1.54, 1.807) is 0 Å². The molecule has 0 bridgehead atoms. The Morgan fingerprint density at radius 1 is 1.05 bits per heavy atom. The molecule has 0 aliphatic heterocycles. The lowest BCUT2D eigenvalue weighted by Crippen LogP contribution is -2.30. The van der Waals surface area contributed by atoms with Crippen LogP contribution in [0.1, 0.15) is 31.9 Å². The van der Waals surface area contributed by atoms with Gasteiger partial charge in [-0.15, -0.1) is 0 Å². The maximum absolute atomic E-state index is 3.57. The first-order valence-corrected chi connectivity index (χ1v) is 7.28. The van der Waals surface area contributed by atoms with Crippen molar-refractivity contribution in [2.75, 3.05) is 45.7 Å². The quantitative estimate of drug-likeness (QED) is 0.778. The fraction of sp³-hybridized carbons (Fsp3) is 0.625. The fourth-order valence-corrected chi connectivity index (χ4v) is 2.32. The van der Waals surface area contributed by atoms with Crippen LogP contribution in [0, 0.1) is 0 Å². The normalized spacial score (nSPS) is 12.7. The van der Waals surface area contributed by atoms with Gasteiger partial charge in [-0.3, -0.25) is 0 Å². The monoisotopic (exact) mass is 263 g/mol. The summed E-state index contributed by atoms with van der Waals surface area (Å²) in [6, 6.07) is 9.19. The predicted octanol–water partition coefficient (Wildman–Crippen LogP) is 2.75. The molecule has 0 aromatic heterocycles. The number of benzene rings is 1. The minimum atomic E-state index is 0.447. The lowest BCUT2D eigenvalue weighted by Gasteiger charge is -2.27. The highest BCUT2D eigenvalue weighted by Gasteiger charge is 2.14. The molecule has 0 saturated heterocycles. The maximum Gasteiger partial charge on any atom is 0.0412 e. The molecule has 3 nitrogen and oxygen atoms in total. The zero-order valence-electron chi connectivity index (χ0n) is 13.1. The topological polar surface area (TPSA) is 18.5 Å². The Hall–Kier alpha value is -1.06. The van der Waals surface area contributed by atoms with E-state index >= 15 is 0 Å². The predicted molar refractivity (Wildman–Crippen MR) is 85.0 cm³/mol. The highest BCUT2D eigenvalue weighted by atomic mass is 15.2. The van der Waals surface area contributed by atoms with Crippen molar-refractivity contribution < 1.29 is 0 Å². The number of nitrogens with zero attached hydrogens (tertiary/aromatic N) is 2. The molecule has 1 rings (SSSR count). The van der Waals surface area contributed by atoms with Gasteiger partial charge in [0, 0.05) is 31.9 Å². The van der Waals surface area contributed by atoms with Crippen LogP contribution in [0.25, 0.3) is 0 Å². The van der Waals surface area contributed by atoms with Gasteiger partial charge in [0.2, 0.25) is 0 Å². The van der Waals surface area contributed by atoms with E-state index in [0.29, 0.717) is 6.04 Å². The van der Waals surface area contributed by atoms with Crippen LogP contribution in [0.4, 0.5) is 5.69 Å². The van der Waals surface area contributed by atoms with Gasteiger partial charge in [0.1, 0.15) is 0 Å². The fourth-order valence-electron chi connectivity index (χ4n) is 2.32. The van der Waals surface area contributed by atoms with E-state index in [4.69, 9.17) is 0 Å². The molecule has 0 heterocycles. The second-order valence-electron chi connectivity index (χ2n) is 5.30. The first kappa shape index (κ1) is 16.0. The second-order valence-corrected chi connectivity index (χ2v) is 5.30. The van der Waals surface area contributed by atoms with Crippen LogP contribution >= 0.6 is 0 Å². The lowest BCUT2D eigenvalue weighted by atomic mass is 10.0. The molecule has 1 unspecified atom stereocenters. The van der Waals surface area contributed by atoms with Crippen LogP contribution < -0.4 is 10.2 Å². The Kier molecular flexibility index (Phi) is 6.89. The van der Waals surface area contributed by atoms with E-state index in [1.165, 1.54) is 11.3 Å². The van der Waals surface area contributed by atoms with Gasteiger partial charge in [-0.2, -0.15) is 0 Å². The van der Waals surface area contributed by atoms with E-state index < -0.39 is 0 Å². The molecule has 0 fully saturated rings. The van der Waals surface area contributed by atoms with Crippen LogP contribution in [-0.2, 0) is 0 Å². The average molecular weight is 263 g/mol. The highest BCUT2D eigenvalue weighted by Crippen LogP contribution is 2.27. The average Bonchev–Trinajstić information content (AvgIpc) is 2.42. The Morgan fingerprint density at radius 2 is 1.74 bits per heavy atom. The Labute approximate surface area is 118 Å². The van der Waals surface area contributed by atoms with Crippen LogP contribution in [-0.4, -0.2) is 45.7 Å². The highest BCUT2D eigenvalue weighted by molar-refractivity contribution is 5.54. The van der Waals surface area contributed by atoms with Crippen molar-refractivity contribution in [1.29, 1.82) is 0 Å². The summed E-state index contributed by atoms with van der Waals surface area (Å²) < 4.78 is 0. The summed E-state index contributed by atoms with van der Waals surface area (Å²) in [5.41, 5.74) is 2.75. The largest absolute Gasteiger partial charge is 0.373 e. The zero-order chi connectivity index (χ0) is 14.3. The first-order chi connectivity index (χ1) is 9.10. The van der Waals surface area contributed by atoms with E-state index in [1.807, 2.05) is 0 Å². The smallest absolute Gasteiger partial charge is 0.0412 e. The van der Waals surface area contributed by atoms with Crippen LogP contribution in [0.5, 0.6) is 0 Å². The van der Waals surface area contributed by atoms with Crippen molar-refractivity contribution in [2.45, 2.75) is 26.3 Å². The summed E-state index contributed by atoms with van der Waals surface area (Å²) in [7, 11) is 6.42. The van der Waals surface area contributed by atoms with Gasteiger partial charge in [-0.05, 0) is 38.7 Å². The summed E-state index contributed by atoms with van der Waals surface area (Å²) in [6.07, 6.45) is 1.12. The summed E-state index contributed by atoms with van der Waals surface area (Å²) in [5, 5.41) is 3.57. The molecule has 0 spiro atoms. The molecule has 3 heteroatoms. The molecule has 0 radical (unpaired) electrons. The van der Waals surface area contributed by atoms with Gasteiger partial charge in [0.25, 0.3) is 0 Å². The number of hydrogen-bond acceptors (Lipinski definition) is 3. The minimum Gasteiger partial charge on any atom is -0.373 e. The number of anilines is 1. The van der Waals surface area contributed by atoms with E-state index in [0.717, 1.165) is 26.1 Å². The molecule has 1 atom stereocenters. The molecule has 1 aromatic rings. The van der Waals surface area contributed by atoms with Gasteiger partial charge >= 0.3 is 0 Å². The minimum absolute atomic E-state index is 0.447. The molecule has 19 heavy (non-hydrogen) atoms. The number of para-hydroxylation sites is 1. The molecule has 108 valence electrons. The van der Waals surface area contributed by atoms with Crippen molar-refractivity contribution in [2.24, 2.45) is 0 Å². The van der Waals surface area contributed by atoms with Crippen molar-refractivity contribution in [1.82, 2.24) is 10.2 Å². The van der Waals surface area contributed by atoms with E-state index in [2.05, 4.69) is 74.4 Å². The molecule has 0 aliphatic carbocycles. The second kappa shape index (κ2) is 8.18. The lowest BCUT2D eigenvalue weighted by molar-refractivity contribution is 0.416. The summed E-state index contributed by atoms with van der Waals surface area (Å²) >= 11 is 0. The number of nitrogens with one attached hydrogen (secondary N) is 1. The molecule has 1 aromatic carbocycles. The van der Waals surface area contributed by atoms with E-state index in [9.17, 15) is 0 Å². The summed E-state index contributed by atoms with van der Waals surface area (Å²) in [5.74, 6) is 0. The van der Waals surface area contributed by atoms with Crippen molar-refractivity contribution in [3.05, 3.63) is 29.8 Å². The number of rotatable bonds is 8. The van der Waals surface area contributed by atoms with Crippen LogP contribution in [0.2, 0.25) is 0 Å². The third-order valence-corrected chi connectivity index (χ3v) is 3.46. The SMILES string of the molecule is CCNC(CC)c1ccccc1N(C)CCN(C)C. The van der Waals surface area contributed by atoms with Crippen molar-refractivity contribution in [3.8, 4) is 0 Å². The standard InChI is InChI=1S/C16H29N3/c1-6-15(17-7-2)14-10-8-9-11-16(14)19(5)13-12-18(3)4/h8-11,15,17H,6-7,12-13H2,1-5H3. The molecule has 0 amide bonds.